The van der Waals surface area contributed by atoms with E-state index in [-0.39, 0.29) is 12.4 Å². The number of hydrogen-bond acceptors (Lipinski definition) is 7. The Labute approximate surface area is 202 Å². The molecule has 0 aromatic heterocycles. The van der Waals surface area contributed by atoms with Crippen molar-refractivity contribution in [3.05, 3.63) is 52.8 Å². The first-order chi connectivity index (χ1) is 16.5. The second kappa shape index (κ2) is 11.3. The fraction of sp³-hybridized carbons (Fsp3) is 0.458. The zero-order valence-corrected chi connectivity index (χ0v) is 19.7. The van der Waals surface area contributed by atoms with E-state index in [4.69, 9.17) is 35.3 Å². The van der Waals surface area contributed by atoms with Gasteiger partial charge in [-0.05, 0) is 36.4 Å². The van der Waals surface area contributed by atoms with Gasteiger partial charge in [-0.3, -0.25) is 4.79 Å². The molecule has 4 rings (SSSR count). The van der Waals surface area contributed by atoms with Gasteiger partial charge in [0, 0.05) is 43.8 Å². The maximum atomic E-state index is 14.9. The van der Waals surface area contributed by atoms with Crippen LogP contribution in [-0.2, 0) is 18.9 Å². The molecule has 1 N–H and O–H groups in total. The lowest BCUT2D eigenvalue weighted by Gasteiger charge is -2.38. The van der Waals surface area contributed by atoms with Crippen molar-refractivity contribution < 1.29 is 32.9 Å². The van der Waals surface area contributed by atoms with E-state index in [1.165, 1.54) is 12.1 Å². The molecule has 34 heavy (non-hydrogen) atoms. The summed E-state index contributed by atoms with van der Waals surface area (Å²) in [6.07, 6.45) is 1.36. The molecule has 2 aliphatic rings. The molecule has 0 aliphatic carbocycles. The van der Waals surface area contributed by atoms with Crippen molar-refractivity contribution in [1.82, 2.24) is 0 Å². The zero-order chi connectivity index (χ0) is 24.0. The fourth-order valence-corrected chi connectivity index (χ4v) is 4.20. The normalized spacial score (nSPS) is 17.2. The molecule has 10 heteroatoms. The van der Waals surface area contributed by atoms with Gasteiger partial charge in [0.2, 0.25) is 0 Å². The molecule has 2 aliphatic heterocycles. The highest BCUT2D eigenvalue weighted by molar-refractivity contribution is 6.31. The number of nitrogens with zero attached hydrogens (tertiary/aromatic N) is 1. The highest BCUT2D eigenvalue weighted by atomic mass is 35.5. The molecule has 0 bridgehead atoms. The van der Waals surface area contributed by atoms with E-state index in [1.807, 2.05) is 4.90 Å². The molecule has 0 unspecified atom stereocenters. The predicted octanol–water partition coefficient (Wildman–Crippen LogP) is 4.07. The van der Waals surface area contributed by atoms with Crippen LogP contribution in [0.25, 0.3) is 0 Å². The van der Waals surface area contributed by atoms with Gasteiger partial charge in [-0.25, -0.2) is 4.39 Å². The number of methoxy groups -OCH3 is 1. The zero-order valence-electron chi connectivity index (χ0n) is 19.0. The van der Waals surface area contributed by atoms with Crippen LogP contribution in [0.3, 0.4) is 0 Å². The first-order valence-electron chi connectivity index (χ1n) is 11.1. The molecule has 1 amide bonds. The minimum Gasteiger partial charge on any atom is -0.467 e. The van der Waals surface area contributed by atoms with Crippen molar-refractivity contribution >= 4 is 28.9 Å². The largest absolute Gasteiger partial charge is 0.467 e. The van der Waals surface area contributed by atoms with E-state index >= 15 is 0 Å². The molecule has 2 fully saturated rings. The molecule has 1 spiro atoms. The van der Waals surface area contributed by atoms with Crippen LogP contribution in [0.2, 0.25) is 5.02 Å². The van der Waals surface area contributed by atoms with Gasteiger partial charge in [0.15, 0.2) is 12.6 Å². The summed E-state index contributed by atoms with van der Waals surface area (Å²) in [6, 6.07) is 9.33. The molecule has 0 saturated carbocycles. The molecular formula is C24H28ClFN2O6. The van der Waals surface area contributed by atoms with Crippen LogP contribution in [-0.4, -0.2) is 65.1 Å². The number of ether oxygens (including phenoxy) is 5. The Morgan fingerprint density at radius 2 is 1.91 bits per heavy atom. The smallest absolute Gasteiger partial charge is 0.259 e. The second-order valence-corrected chi connectivity index (χ2v) is 8.46. The van der Waals surface area contributed by atoms with Crippen molar-refractivity contribution in [2.24, 2.45) is 0 Å². The number of halogens is 2. The maximum Gasteiger partial charge on any atom is 0.259 e. The molecule has 0 radical (unpaired) electrons. The molecule has 2 aromatic carbocycles. The van der Waals surface area contributed by atoms with Gasteiger partial charge in [0.1, 0.15) is 11.6 Å². The van der Waals surface area contributed by atoms with Gasteiger partial charge in [0.25, 0.3) is 5.91 Å². The molecular weight excluding hydrogens is 467 g/mol. The van der Waals surface area contributed by atoms with Crippen molar-refractivity contribution in [2.45, 2.75) is 18.6 Å². The Kier molecular flexibility index (Phi) is 8.23. The highest BCUT2D eigenvalue weighted by Crippen LogP contribution is 2.34. The van der Waals surface area contributed by atoms with Crippen molar-refractivity contribution in [3.8, 4) is 5.75 Å². The van der Waals surface area contributed by atoms with Crippen LogP contribution in [0.4, 0.5) is 15.8 Å². The maximum absolute atomic E-state index is 14.9. The van der Waals surface area contributed by atoms with E-state index in [9.17, 15) is 9.18 Å². The average molecular weight is 495 g/mol. The van der Waals surface area contributed by atoms with Crippen LogP contribution in [0.1, 0.15) is 23.2 Å². The fourth-order valence-electron chi connectivity index (χ4n) is 4.03. The van der Waals surface area contributed by atoms with Crippen LogP contribution in [0, 0.1) is 5.82 Å². The predicted molar refractivity (Wildman–Crippen MR) is 125 cm³/mol. The van der Waals surface area contributed by atoms with Crippen LogP contribution in [0.15, 0.2) is 36.4 Å². The molecule has 8 nitrogen and oxygen atoms in total. The second-order valence-electron chi connectivity index (χ2n) is 8.02. The minimum atomic E-state index is -0.521. The standard InChI is InChI=1S/C24H28ClFN2O6/c1-30-10-11-31-16-32-22-5-2-17(25)14-19(22)23(29)27-18-3-4-21(20(26)15-18)28-8-6-24(7-9-28)33-12-13-34-24/h2-5,14-15H,6-13,16H2,1H3,(H,27,29). The van der Waals surface area contributed by atoms with Gasteiger partial charge in [0.05, 0.1) is 37.7 Å². The summed E-state index contributed by atoms with van der Waals surface area (Å²) in [6.45, 7) is 3.18. The van der Waals surface area contributed by atoms with Crippen molar-refractivity contribution in [3.63, 3.8) is 0 Å². The average Bonchev–Trinajstić information content (AvgIpc) is 3.28. The van der Waals surface area contributed by atoms with Crippen LogP contribution >= 0.6 is 11.6 Å². The SMILES string of the molecule is COCCOCOc1ccc(Cl)cc1C(=O)Nc1ccc(N2CCC3(CC2)OCCO3)c(F)c1. The Balaban J connectivity index is 1.39. The van der Waals surface area contributed by atoms with E-state index in [1.54, 1.807) is 31.4 Å². The Hall–Kier alpha value is -2.43. The summed E-state index contributed by atoms with van der Waals surface area (Å²) in [5.74, 6) is -1.12. The number of piperidine rings is 1. The number of anilines is 2. The molecule has 184 valence electrons. The quantitative estimate of drug-likeness (QED) is 0.416. The van der Waals surface area contributed by atoms with Gasteiger partial charge >= 0.3 is 0 Å². The van der Waals surface area contributed by atoms with E-state index in [2.05, 4.69) is 5.32 Å². The summed E-state index contributed by atoms with van der Waals surface area (Å²) in [5.41, 5.74) is 1.01. The number of carbonyl (C=O) groups excluding carboxylic acids is 1. The topological polar surface area (TPSA) is 78.5 Å². The van der Waals surface area contributed by atoms with Crippen molar-refractivity contribution in [1.29, 1.82) is 0 Å². The summed E-state index contributed by atoms with van der Waals surface area (Å²) >= 11 is 6.08. The minimum absolute atomic E-state index is 0.0538. The number of nitrogens with one attached hydrogen (secondary N) is 1. The van der Waals surface area contributed by atoms with E-state index in [0.717, 1.165) is 0 Å². The molecule has 2 aromatic rings. The van der Waals surface area contributed by atoms with Crippen LogP contribution < -0.4 is 15.0 Å². The lowest BCUT2D eigenvalue weighted by Crippen LogP contribution is -2.45. The number of benzene rings is 2. The number of carbonyl (C=O) groups is 1. The van der Waals surface area contributed by atoms with Gasteiger partial charge < -0.3 is 33.9 Å². The Bertz CT molecular complexity index is 991. The van der Waals surface area contributed by atoms with Gasteiger partial charge in [-0.15, -0.1) is 0 Å². The number of amides is 1. The number of hydrogen-bond donors (Lipinski definition) is 1. The molecule has 2 heterocycles. The Morgan fingerprint density at radius 3 is 2.62 bits per heavy atom. The lowest BCUT2D eigenvalue weighted by molar-refractivity contribution is -0.169. The first kappa shape index (κ1) is 24.7. The monoisotopic (exact) mass is 494 g/mol. The Morgan fingerprint density at radius 1 is 1.15 bits per heavy atom. The third kappa shape index (κ3) is 5.97. The molecule has 2 saturated heterocycles. The van der Waals surface area contributed by atoms with Crippen molar-refractivity contribution in [2.75, 3.05) is 63.6 Å². The summed E-state index contributed by atoms with van der Waals surface area (Å²) in [4.78, 5) is 14.9. The number of rotatable bonds is 9. The first-order valence-corrected chi connectivity index (χ1v) is 11.5. The summed E-state index contributed by atoms with van der Waals surface area (Å²) < 4.78 is 42.2. The van der Waals surface area contributed by atoms with E-state index in [0.29, 0.717) is 74.5 Å². The van der Waals surface area contributed by atoms with Gasteiger partial charge in [-0.1, -0.05) is 11.6 Å². The van der Waals surface area contributed by atoms with Gasteiger partial charge in [-0.2, -0.15) is 0 Å². The highest BCUT2D eigenvalue weighted by Gasteiger charge is 2.40. The third-order valence-electron chi connectivity index (χ3n) is 5.80. The molecule has 0 atom stereocenters. The van der Waals surface area contributed by atoms with E-state index < -0.39 is 17.5 Å². The summed E-state index contributed by atoms with van der Waals surface area (Å²) in [7, 11) is 1.57. The third-order valence-corrected chi connectivity index (χ3v) is 6.04. The lowest BCUT2D eigenvalue weighted by atomic mass is 10.0. The summed E-state index contributed by atoms with van der Waals surface area (Å²) in [5, 5.41) is 3.08. The van der Waals surface area contributed by atoms with Crippen LogP contribution in [0.5, 0.6) is 5.75 Å².